The summed E-state index contributed by atoms with van der Waals surface area (Å²) >= 11 is 1.67. The van der Waals surface area contributed by atoms with Crippen molar-refractivity contribution in [2.75, 3.05) is 47.1 Å². The Morgan fingerprint density at radius 1 is 1.11 bits per heavy atom. The highest BCUT2D eigenvalue weighted by molar-refractivity contribution is 7.89. The van der Waals surface area contributed by atoms with Gasteiger partial charge in [-0.15, -0.1) is 11.3 Å². The van der Waals surface area contributed by atoms with E-state index in [4.69, 9.17) is 14.2 Å². The lowest BCUT2D eigenvalue weighted by Crippen LogP contribution is -2.48. The summed E-state index contributed by atoms with van der Waals surface area (Å²) in [4.78, 5) is 16.7. The van der Waals surface area contributed by atoms with E-state index in [0.29, 0.717) is 12.3 Å². The molecule has 0 spiro atoms. The Kier molecular flexibility index (Phi) is 8.86. The highest BCUT2D eigenvalue weighted by Gasteiger charge is 2.35. The summed E-state index contributed by atoms with van der Waals surface area (Å²) in [5.74, 6) is 1.04. The Morgan fingerprint density at radius 2 is 1.86 bits per heavy atom. The molecule has 0 aliphatic carbocycles. The van der Waals surface area contributed by atoms with E-state index in [1.807, 2.05) is 42.6 Å². The number of fused-ring (bicyclic) bond motifs is 1. The Balaban J connectivity index is 1.56. The SMILES string of the molecule is COCCN(CC(=O)N1CCc2sccc2C1COc1ccccc1C)S(=O)(=O)c1ccc(OC)cc1. The first-order chi connectivity index (χ1) is 17.8. The van der Waals surface area contributed by atoms with E-state index in [1.54, 1.807) is 28.4 Å². The fourth-order valence-electron chi connectivity index (χ4n) is 4.38. The molecule has 4 rings (SSSR count). The number of carbonyl (C=O) groups is 1. The van der Waals surface area contributed by atoms with E-state index < -0.39 is 10.0 Å². The molecule has 37 heavy (non-hydrogen) atoms. The van der Waals surface area contributed by atoms with E-state index in [-0.39, 0.29) is 43.1 Å². The summed E-state index contributed by atoms with van der Waals surface area (Å²) in [6.45, 7) is 2.68. The number of benzene rings is 2. The lowest BCUT2D eigenvalue weighted by atomic mass is 10.0. The van der Waals surface area contributed by atoms with Gasteiger partial charge in [0.15, 0.2) is 0 Å². The van der Waals surface area contributed by atoms with Gasteiger partial charge in [-0.25, -0.2) is 8.42 Å². The van der Waals surface area contributed by atoms with Gasteiger partial charge in [0, 0.05) is 25.1 Å². The van der Waals surface area contributed by atoms with Crippen LogP contribution in [0, 0.1) is 6.92 Å². The van der Waals surface area contributed by atoms with Gasteiger partial charge in [0.2, 0.25) is 15.9 Å². The van der Waals surface area contributed by atoms with Gasteiger partial charge >= 0.3 is 0 Å². The highest BCUT2D eigenvalue weighted by atomic mass is 32.2. The number of rotatable bonds is 11. The molecule has 1 aromatic heterocycles. The largest absolute Gasteiger partial charge is 0.497 e. The molecule has 1 aliphatic heterocycles. The monoisotopic (exact) mass is 544 g/mol. The molecule has 0 bridgehead atoms. The van der Waals surface area contributed by atoms with Crippen LogP contribution in [0.1, 0.15) is 22.0 Å². The lowest BCUT2D eigenvalue weighted by molar-refractivity contribution is -0.135. The second kappa shape index (κ2) is 12.1. The third kappa shape index (κ3) is 6.15. The van der Waals surface area contributed by atoms with E-state index >= 15 is 0 Å². The van der Waals surface area contributed by atoms with Crippen LogP contribution < -0.4 is 9.47 Å². The molecule has 1 unspecified atom stereocenters. The van der Waals surface area contributed by atoms with Gasteiger partial charge in [-0.2, -0.15) is 4.31 Å². The van der Waals surface area contributed by atoms with E-state index in [2.05, 4.69) is 0 Å². The minimum Gasteiger partial charge on any atom is -0.497 e. The molecule has 0 fully saturated rings. The molecule has 1 atom stereocenters. The van der Waals surface area contributed by atoms with Crippen LogP contribution in [0.4, 0.5) is 0 Å². The number of ether oxygens (including phenoxy) is 3. The van der Waals surface area contributed by atoms with Crippen LogP contribution in [0.25, 0.3) is 0 Å². The van der Waals surface area contributed by atoms with E-state index in [1.165, 1.54) is 35.5 Å². The number of methoxy groups -OCH3 is 2. The average Bonchev–Trinajstić information content (AvgIpc) is 3.39. The van der Waals surface area contributed by atoms with Crippen molar-refractivity contribution in [2.45, 2.75) is 24.3 Å². The number of amides is 1. The van der Waals surface area contributed by atoms with Gasteiger partial charge in [-0.05, 0) is 66.2 Å². The molecule has 1 amide bonds. The van der Waals surface area contributed by atoms with Crippen molar-refractivity contribution < 1.29 is 27.4 Å². The summed E-state index contributed by atoms with van der Waals surface area (Å²) < 4.78 is 44.6. The number of para-hydroxylation sites is 1. The van der Waals surface area contributed by atoms with Crippen LogP contribution in [-0.2, 0) is 26.0 Å². The fraction of sp³-hybridized carbons (Fsp3) is 0.370. The van der Waals surface area contributed by atoms with Crippen molar-refractivity contribution in [3.8, 4) is 11.5 Å². The highest BCUT2D eigenvalue weighted by Crippen LogP contribution is 2.34. The zero-order chi connectivity index (χ0) is 26.4. The van der Waals surface area contributed by atoms with Crippen molar-refractivity contribution in [2.24, 2.45) is 0 Å². The first-order valence-corrected chi connectivity index (χ1v) is 14.3. The number of thiophene rings is 1. The normalized spacial score (nSPS) is 15.5. The number of hydrogen-bond acceptors (Lipinski definition) is 7. The Morgan fingerprint density at radius 3 is 2.57 bits per heavy atom. The maximum absolute atomic E-state index is 13.7. The standard InChI is InChI=1S/C27H32N2O6S2/c1-20-6-4-5-7-25(20)35-19-24-23-13-17-36-26(23)12-14-29(24)27(30)18-28(15-16-33-2)37(31,32)22-10-8-21(34-3)9-11-22/h4-11,13,17,24H,12,14-16,18-19H2,1-3H3. The molecule has 1 aliphatic rings. The maximum atomic E-state index is 13.7. The predicted octanol–water partition coefficient (Wildman–Crippen LogP) is 3.91. The number of sulfonamides is 1. The number of hydrogen-bond donors (Lipinski definition) is 0. The summed E-state index contributed by atoms with van der Waals surface area (Å²) in [6, 6.07) is 15.6. The second-order valence-corrected chi connectivity index (χ2v) is 11.7. The second-order valence-electron chi connectivity index (χ2n) is 8.74. The average molecular weight is 545 g/mol. The Hall–Kier alpha value is -2.92. The zero-order valence-corrected chi connectivity index (χ0v) is 22.9. The molecule has 0 saturated heterocycles. The van der Waals surface area contributed by atoms with Crippen molar-refractivity contribution in [1.29, 1.82) is 0 Å². The van der Waals surface area contributed by atoms with Gasteiger partial charge in [-0.1, -0.05) is 18.2 Å². The third-order valence-corrected chi connectivity index (χ3v) is 9.32. The molecule has 0 N–H and O–H groups in total. The molecule has 8 nitrogen and oxygen atoms in total. The van der Waals surface area contributed by atoms with Gasteiger partial charge in [0.25, 0.3) is 0 Å². The quantitative estimate of drug-likeness (QED) is 0.364. The van der Waals surface area contributed by atoms with Gasteiger partial charge in [-0.3, -0.25) is 4.79 Å². The van der Waals surface area contributed by atoms with Gasteiger partial charge in [0.05, 0.1) is 31.2 Å². The summed E-state index contributed by atoms with van der Waals surface area (Å²) in [6.07, 6.45) is 0.725. The smallest absolute Gasteiger partial charge is 0.243 e. The van der Waals surface area contributed by atoms with E-state index in [0.717, 1.165) is 23.3 Å². The maximum Gasteiger partial charge on any atom is 0.243 e. The van der Waals surface area contributed by atoms with Crippen LogP contribution >= 0.6 is 11.3 Å². The van der Waals surface area contributed by atoms with Crippen molar-refractivity contribution in [1.82, 2.24) is 9.21 Å². The van der Waals surface area contributed by atoms with Crippen molar-refractivity contribution in [3.05, 3.63) is 76.0 Å². The molecule has 2 aromatic carbocycles. The Bertz CT molecular complexity index is 1310. The molecule has 0 saturated carbocycles. The minimum atomic E-state index is -3.94. The number of carbonyl (C=O) groups excluding carboxylic acids is 1. The van der Waals surface area contributed by atoms with Crippen LogP contribution in [0.3, 0.4) is 0 Å². The van der Waals surface area contributed by atoms with Gasteiger partial charge < -0.3 is 19.1 Å². The topological polar surface area (TPSA) is 85.4 Å². The zero-order valence-electron chi connectivity index (χ0n) is 21.3. The van der Waals surface area contributed by atoms with Crippen LogP contribution in [-0.4, -0.2) is 70.6 Å². The molecule has 0 radical (unpaired) electrons. The van der Waals surface area contributed by atoms with Crippen molar-refractivity contribution >= 4 is 27.3 Å². The van der Waals surface area contributed by atoms with Crippen LogP contribution in [0.15, 0.2) is 64.9 Å². The minimum absolute atomic E-state index is 0.0541. The predicted molar refractivity (Wildman–Crippen MR) is 143 cm³/mol. The number of nitrogens with zero attached hydrogens (tertiary/aromatic N) is 2. The van der Waals surface area contributed by atoms with Crippen LogP contribution in [0.2, 0.25) is 0 Å². The summed E-state index contributed by atoms with van der Waals surface area (Å²) in [5, 5.41) is 2.03. The molecule has 2 heterocycles. The fourth-order valence-corrected chi connectivity index (χ4v) is 6.68. The lowest BCUT2D eigenvalue weighted by Gasteiger charge is -2.37. The first-order valence-electron chi connectivity index (χ1n) is 12.0. The third-order valence-electron chi connectivity index (χ3n) is 6.46. The Labute approximate surface area is 222 Å². The van der Waals surface area contributed by atoms with Crippen LogP contribution in [0.5, 0.6) is 11.5 Å². The van der Waals surface area contributed by atoms with Gasteiger partial charge in [0.1, 0.15) is 18.1 Å². The summed E-state index contributed by atoms with van der Waals surface area (Å²) in [7, 11) is -0.920. The number of aryl methyl sites for hydroxylation is 1. The summed E-state index contributed by atoms with van der Waals surface area (Å²) in [5.41, 5.74) is 2.07. The molecule has 3 aromatic rings. The van der Waals surface area contributed by atoms with E-state index in [9.17, 15) is 13.2 Å². The molecule has 198 valence electrons. The molecular weight excluding hydrogens is 512 g/mol. The first kappa shape index (κ1) is 27.1. The molecule has 10 heteroatoms. The van der Waals surface area contributed by atoms with Crippen molar-refractivity contribution in [3.63, 3.8) is 0 Å². The molecular formula is C27H32N2O6S2.